The van der Waals surface area contributed by atoms with Crippen LogP contribution in [-0.2, 0) is 0 Å². The molecule has 3 N–H and O–H groups in total. The number of nitrogen functional groups attached to an aromatic ring is 1. The van der Waals surface area contributed by atoms with Gasteiger partial charge in [0.25, 0.3) is 0 Å². The Kier molecular flexibility index (Phi) is 2.63. The fourth-order valence-corrected chi connectivity index (χ4v) is 3.27. The van der Waals surface area contributed by atoms with Crippen molar-refractivity contribution in [3.8, 4) is 0 Å². The molecule has 2 heterocycles. The van der Waals surface area contributed by atoms with Crippen molar-refractivity contribution in [2.24, 2.45) is 11.3 Å². The molecule has 1 aromatic heterocycles. The lowest BCUT2D eigenvalue weighted by Crippen LogP contribution is -2.31. The molecule has 1 aromatic rings. The SMILES string of the molecule is Cc1ccnc(N)c1C(=O)C1CC12CCNCC2. The van der Waals surface area contributed by atoms with E-state index in [-0.39, 0.29) is 17.1 Å². The Morgan fingerprint density at radius 3 is 2.89 bits per heavy atom. The number of ketones is 1. The van der Waals surface area contributed by atoms with Crippen molar-refractivity contribution in [3.63, 3.8) is 0 Å². The van der Waals surface area contributed by atoms with Crippen molar-refractivity contribution in [1.82, 2.24) is 10.3 Å². The van der Waals surface area contributed by atoms with E-state index in [2.05, 4.69) is 10.3 Å². The van der Waals surface area contributed by atoms with Gasteiger partial charge in [0.05, 0.1) is 5.56 Å². The smallest absolute Gasteiger partial charge is 0.170 e. The number of piperidine rings is 1. The highest BCUT2D eigenvalue weighted by Gasteiger charge is 2.57. The molecule has 0 amide bonds. The van der Waals surface area contributed by atoms with Crippen molar-refractivity contribution >= 4 is 11.6 Å². The maximum Gasteiger partial charge on any atom is 0.170 e. The Balaban J connectivity index is 1.84. The van der Waals surface area contributed by atoms with Crippen LogP contribution in [0, 0.1) is 18.3 Å². The van der Waals surface area contributed by atoms with Gasteiger partial charge in [0.2, 0.25) is 0 Å². The normalized spacial score (nSPS) is 25.1. The molecule has 0 aromatic carbocycles. The third-order valence-corrected chi connectivity index (χ3v) is 4.54. The number of carbonyl (C=O) groups is 1. The Morgan fingerprint density at radius 2 is 2.22 bits per heavy atom. The summed E-state index contributed by atoms with van der Waals surface area (Å²) >= 11 is 0. The predicted octanol–water partition coefficient (Wildman–Crippen LogP) is 1.54. The van der Waals surface area contributed by atoms with Crippen LogP contribution in [0.2, 0.25) is 0 Å². The van der Waals surface area contributed by atoms with E-state index in [9.17, 15) is 4.79 Å². The number of aryl methyl sites for hydroxylation is 1. The highest BCUT2D eigenvalue weighted by atomic mass is 16.1. The highest BCUT2D eigenvalue weighted by molar-refractivity contribution is 6.04. The second-order valence-corrected chi connectivity index (χ2v) is 5.62. The van der Waals surface area contributed by atoms with Crippen LogP contribution in [0.5, 0.6) is 0 Å². The van der Waals surface area contributed by atoms with E-state index in [0.29, 0.717) is 11.4 Å². The number of pyridine rings is 1. The van der Waals surface area contributed by atoms with Gasteiger partial charge in [-0.2, -0.15) is 0 Å². The summed E-state index contributed by atoms with van der Waals surface area (Å²) < 4.78 is 0. The molecule has 1 saturated carbocycles. The number of rotatable bonds is 2. The first-order chi connectivity index (χ1) is 8.64. The number of hydrogen-bond acceptors (Lipinski definition) is 4. The highest BCUT2D eigenvalue weighted by Crippen LogP contribution is 2.59. The van der Waals surface area contributed by atoms with Gasteiger partial charge >= 0.3 is 0 Å². The number of nitrogens with two attached hydrogens (primary N) is 1. The Labute approximate surface area is 107 Å². The molecule has 1 unspecified atom stereocenters. The Bertz CT molecular complexity index is 472. The van der Waals surface area contributed by atoms with Crippen molar-refractivity contribution in [3.05, 3.63) is 23.4 Å². The first-order valence-electron chi connectivity index (χ1n) is 6.60. The van der Waals surface area contributed by atoms with E-state index in [4.69, 9.17) is 5.73 Å². The third kappa shape index (κ3) is 1.72. The molecule has 2 fully saturated rings. The fraction of sp³-hybridized carbons (Fsp3) is 0.571. The Hall–Kier alpha value is -1.42. The number of nitrogens with zero attached hydrogens (tertiary/aromatic N) is 1. The molecule has 3 rings (SSSR count). The van der Waals surface area contributed by atoms with Crippen LogP contribution in [0.15, 0.2) is 12.3 Å². The van der Waals surface area contributed by atoms with Crippen LogP contribution >= 0.6 is 0 Å². The second-order valence-electron chi connectivity index (χ2n) is 5.62. The van der Waals surface area contributed by atoms with Gasteiger partial charge in [0.1, 0.15) is 5.82 Å². The zero-order valence-electron chi connectivity index (χ0n) is 10.7. The van der Waals surface area contributed by atoms with Gasteiger partial charge in [0, 0.05) is 12.1 Å². The molecule has 4 heteroatoms. The second kappa shape index (κ2) is 4.05. The quantitative estimate of drug-likeness (QED) is 0.776. The van der Waals surface area contributed by atoms with Crippen molar-refractivity contribution in [1.29, 1.82) is 0 Å². The lowest BCUT2D eigenvalue weighted by Gasteiger charge is -2.23. The van der Waals surface area contributed by atoms with E-state index < -0.39 is 0 Å². The van der Waals surface area contributed by atoms with Crippen LogP contribution in [0.4, 0.5) is 5.82 Å². The topological polar surface area (TPSA) is 68.0 Å². The average Bonchev–Trinajstić information content (AvgIpc) is 3.03. The molecule has 1 aliphatic carbocycles. The summed E-state index contributed by atoms with van der Waals surface area (Å²) in [7, 11) is 0. The molecule has 1 aliphatic heterocycles. The summed E-state index contributed by atoms with van der Waals surface area (Å²) in [4.78, 5) is 16.6. The molecule has 18 heavy (non-hydrogen) atoms. The molecular formula is C14H19N3O. The summed E-state index contributed by atoms with van der Waals surface area (Å²) in [5.74, 6) is 0.765. The number of Topliss-reactive ketones (excluding diaryl/α,β-unsaturated/α-hetero) is 1. The van der Waals surface area contributed by atoms with Crippen LogP contribution in [0.1, 0.15) is 35.2 Å². The fourth-order valence-electron chi connectivity index (χ4n) is 3.27. The number of carbonyl (C=O) groups excluding carboxylic acids is 1. The van der Waals surface area contributed by atoms with Crippen LogP contribution in [0.3, 0.4) is 0 Å². The first kappa shape index (κ1) is 11.7. The predicted molar refractivity (Wildman–Crippen MR) is 70.4 cm³/mol. The molecule has 96 valence electrons. The number of anilines is 1. The Morgan fingerprint density at radius 1 is 1.50 bits per heavy atom. The zero-order chi connectivity index (χ0) is 12.8. The molecule has 2 aliphatic rings. The van der Waals surface area contributed by atoms with E-state index in [1.54, 1.807) is 6.20 Å². The van der Waals surface area contributed by atoms with Gasteiger partial charge in [0.15, 0.2) is 5.78 Å². The van der Waals surface area contributed by atoms with Gasteiger partial charge in [-0.3, -0.25) is 4.79 Å². The van der Waals surface area contributed by atoms with Gasteiger partial charge in [-0.05, 0) is 56.3 Å². The van der Waals surface area contributed by atoms with Crippen LogP contribution in [0.25, 0.3) is 0 Å². The van der Waals surface area contributed by atoms with Gasteiger partial charge in [-0.1, -0.05) is 0 Å². The molecule has 1 spiro atoms. The molecule has 1 saturated heterocycles. The monoisotopic (exact) mass is 245 g/mol. The average molecular weight is 245 g/mol. The number of aromatic nitrogens is 1. The summed E-state index contributed by atoms with van der Waals surface area (Å²) in [6.07, 6.45) is 4.92. The first-order valence-corrected chi connectivity index (χ1v) is 6.60. The van der Waals surface area contributed by atoms with E-state index in [1.165, 1.54) is 0 Å². The number of nitrogens with one attached hydrogen (secondary N) is 1. The maximum atomic E-state index is 12.6. The lowest BCUT2D eigenvalue weighted by molar-refractivity contribution is 0.0940. The van der Waals surface area contributed by atoms with Crippen molar-refractivity contribution in [2.75, 3.05) is 18.8 Å². The minimum atomic E-state index is 0.171. The minimum absolute atomic E-state index is 0.171. The van der Waals surface area contributed by atoms with Gasteiger partial charge < -0.3 is 11.1 Å². The molecule has 0 radical (unpaired) electrons. The maximum absolute atomic E-state index is 12.6. The molecular weight excluding hydrogens is 226 g/mol. The van der Waals surface area contributed by atoms with Crippen molar-refractivity contribution in [2.45, 2.75) is 26.2 Å². The molecule has 1 atom stereocenters. The number of hydrogen-bond donors (Lipinski definition) is 2. The summed E-state index contributed by atoms with van der Waals surface area (Å²) in [6, 6.07) is 1.86. The molecule has 4 nitrogen and oxygen atoms in total. The zero-order valence-corrected chi connectivity index (χ0v) is 10.7. The lowest BCUT2D eigenvalue weighted by atomic mass is 9.89. The van der Waals surface area contributed by atoms with Crippen LogP contribution < -0.4 is 11.1 Å². The van der Waals surface area contributed by atoms with Gasteiger partial charge in [-0.15, -0.1) is 0 Å². The van der Waals surface area contributed by atoms with Crippen molar-refractivity contribution < 1.29 is 4.79 Å². The summed E-state index contributed by atoms with van der Waals surface area (Å²) in [5, 5.41) is 3.35. The van der Waals surface area contributed by atoms with E-state index >= 15 is 0 Å². The van der Waals surface area contributed by atoms with E-state index in [0.717, 1.165) is 37.9 Å². The van der Waals surface area contributed by atoms with Crippen LogP contribution in [-0.4, -0.2) is 23.9 Å². The van der Waals surface area contributed by atoms with E-state index in [1.807, 2.05) is 13.0 Å². The molecule has 0 bridgehead atoms. The summed E-state index contributed by atoms with van der Waals surface area (Å²) in [5.41, 5.74) is 7.72. The van der Waals surface area contributed by atoms with Gasteiger partial charge in [-0.25, -0.2) is 4.98 Å². The minimum Gasteiger partial charge on any atom is -0.383 e. The third-order valence-electron chi connectivity index (χ3n) is 4.54. The largest absolute Gasteiger partial charge is 0.383 e. The summed E-state index contributed by atoms with van der Waals surface area (Å²) in [6.45, 7) is 4.00. The standard InChI is InChI=1S/C14H19N3O/c1-9-2-5-17-13(15)11(9)12(18)10-8-14(10)3-6-16-7-4-14/h2,5,10,16H,3-4,6-8H2,1H3,(H2,15,17).